The average Bonchev–Trinajstić information content (AvgIpc) is 2.36. The highest BCUT2D eigenvalue weighted by Crippen LogP contribution is 2.08. The average molecular weight is 241 g/mol. The van der Waals surface area contributed by atoms with Crippen molar-refractivity contribution in [2.24, 2.45) is 0 Å². The Morgan fingerprint density at radius 3 is 2.76 bits per heavy atom. The second kappa shape index (κ2) is 7.27. The maximum Gasteiger partial charge on any atom is 0.239 e. The molecule has 17 heavy (non-hydrogen) atoms. The summed E-state index contributed by atoms with van der Waals surface area (Å²) in [4.78, 5) is 25.0. The van der Waals surface area contributed by atoms with Crippen LogP contribution in [0.2, 0.25) is 0 Å². The summed E-state index contributed by atoms with van der Waals surface area (Å²) in [7, 11) is 1.68. The molecule has 1 fully saturated rings. The molecule has 1 aliphatic heterocycles. The summed E-state index contributed by atoms with van der Waals surface area (Å²) in [5.74, 6) is -0.0603. The lowest BCUT2D eigenvalue weighted by Gasteiger charge is -2.27. The van der Waals surface area contributed by atoms with Crippen molar-refractivity contribution in [1.82, 2.24) is 15.5 Å². The van der Waals surface area contributed by atoms with Crippen LogP contribution in [-0.2, 0) is 9.59 Å². The zero-order valence-corrected chi connectivity index (χ0v) is 10.8. The van der Waals surface area contributed by atoms with Crippen LogP contribution in [0.25, 0.3) is 0 Å². The molecule has 2 N–H and O–H groups in total. The lowest BCUT2D eigenvalue weighted by Crippen LogP contribution is -2.49. The molecule has 1 aliphatic rings. The van der Waals surface area contributed by atoms with E-state index in [1.807, 2.05) is 6.92 Å². The molecule has 1 atom stereocenters. The summed E-state index contributed by atoms with van der Waals surface area (Å²) < 4.78 is 0. The molecular weight excluding hydrogens is 218 g/mol. The molecule has 1 rings (SSSR count). The minimum atomic E-state index is -0.104. The Bertz CT molecular complexity index is 262. The van der Waals surface area contributed by atoms with Gasteiger partial charge in [0, 0.05) is 13.6 Å². The van der Waals surface area contributed by atoms with E-state index in [4.69, 9.17) is 0 Å². The maximum atomic E-state index is 12.0. The van der Waals surface area contributed by atoms with Crippen LogP contribution in [-0.4, -0.2) is 49.4 Å². The molecule has 5 nitrogen and oxygen atoms in total. The third-order valence-electron chi connectivity index (χ3n) is 2.94. The van der Waals surface area contributed by atoms with E-state index in [2.05, 4.69) is 10.6 Å². The van der Waals surface area contributed by atoms with Gasteiger partial charge in [-0.1, -0.05) is 13.3 Å². The standard InChI is InChI=1S/C12H23N3O2/c1-3-7-14-11(16)9-15(2)12(17)10-6-4-5-8-13-10/h10,13H,3-9H2,1-2H3,(H,14,16)/t10-/m0/s1. The summed E-state index contributed by atoms with van der Waals surface area (Å²) in [5.41, 5.74) is 0. The van der Waals surface area contributed by atoms with Crippen molar-refractivity contribution in [2.75, 3.05) is 26.7 Å². The van der Waals surface area contributed by atoms with Crippen molar-refractivity contribution < 1.29 is 9.59 Å². The van der Waals surface area contributed by atoms with Crippen LogP contribution in [0.5, 0.6) is 0 Å². The van der Waals surface area contributed by atoms with E-state index in [0.29, 0.717) is 6.54 Å². The fourth-order valence-electron chi connectivity index (χ4n) is 1.94. The summed E-state index contributed by atoms with van der Waals surface area (Å²) in [5, 5.41) is 5.96. The van der Waals surface area contributed by atoms with E-state index in [0.717, 1.165) is 32.2 Å². The van der Waals surface area contributed by atoms with Gasteiger partial charge in [-0.2, -0.15) is 0 Å². The van der Waals surface area contributed by atoms with Crippen molar-refractivity contribution in [3.05, 3.63) is 0 Å². The van der Waals surface area contributed by atoms with Crippen LogP contribution in [0.4, 0.5) is 0 Å². The van der Waals surface area contributed by atoms with Gasteiger partial charge < -0.3 is 15.5 Å². The summed E-state index contributed by atoms with van der Waals surface area (Å²) in [6.45, 7) is 3.72. The fraction of sp³-hybridized carbons (Fsp3) is 0.833. The number of amides is 2. The minimum Gasteiger partial charge on any atom is -0.355 e. The Labute approximate surface area is 103 Å². The summed E-state index contributed by atoms with van der Waals surface area (Å²) >= 11 is 0. The van der Waals surface area contributed by atoms with Crippen molar-refractivity contribution >= 4 is 11.8 Å². The number of piperidine rings is 1. The predicted octanol–water partition coefficient (Wildman–Crippen LogP) is 0.113. The molecular formula is C12H23N3O2. The minimum absolute atomic E-state index is 0.0244. The number of nitrogens with zero attached hydrogens (tertiary/aromatic N) is 1. The van der Waals surface area contributed by atoms with E-state index in [1.54, 1.807) is 7.05 Å². The Morgan fingerprint density at radius 2 is 2.18 bits per heavy atom. The van der Waals surface area contributed by atoms with Gasteiger partial charge in [0.05, 0.1) is 12.6 Å². The van der Waals surface area contributed by atoms with E-state index in [1.165, 1.54) is 4.90 Å². The number of likely N-dealkylation sites (N-methyl/N-ethyl adjacent to an activating group) is 1. The topological polar surface area (TPSA) is 61.4 Å². The molecule has 98 valence electrons. The molecule has 0 aromatic carbocycles. The van der Waals surface area contributed by atoms with E-state index in [9.17, 15) is 9.59 Å². The molecule has 5 heteroatoms. The molecule has 1 saturated heterocycles. The van der Waals surface area contributed by atoms with Crippen LogP contribution in [0, 0.1) is 0 Å². The summed E-state index contributed by atoms with van der Waals surface area (Å²) in [6.07, 6.45) is 4.00. The van der Waals surface area contributed by atoms with E-state index < -0.39 is 0 Å². The van der Waals surface area contributed by atoms with Gasteiger partial charge in [-0.25, -0.2) is 0 Å². The monoisotopic (exact) mass is 241 g/mol. The third kappa shape index (κ3) is 4.73. The van der Waals surface area contributed by atoms with Gasteiger partial charge >= 0.3 is 0 Å². The smallest absolute Gasteiger partial charge is 0.239 e. The Morgan fingerprint density at radius 1 is 1.41 bits per heavy atom. The zero-order chi connectivity index (χ0) is 12.7. The molecule has 1 heterocycles. The Hall–Kier alpha value is -1.10. The first-order chi connectivity index (χ1) is 8.15. The van der Waals surface area contributed by atoms with Gasteiger partial charge in [0.2, 0.25) is 11.8 Å². The normalized spacial score (nSPS) is 19.8. The number of carbonyl (C=O) groups excluding carboxylic acids is 2. The Balaban J connectivity index is 2.32. The van der Waals surface area contributed by atoms with Crippen LogP contribution in [0.15, 0.2) is 0 Å². The quantitative estimate of drug-likeness (QED) is 0.718. The van der Waals surface area contributed by atoms with Gasteiger partial charge in [0.1, 0.15) is 0 Å². The molecule has 0 aromatic heterocycles. The van der Waals surface area contributed by atoms with Crippen LogP contribution >= 0.6 is 0 Å². The molecule has 0 saturated carbocycles. The molecule has 0 radical (unpaired) electrons. The van der Waals surface area contributed by atoms with Crippen LogP contribution in [0.3, 0.4) is 0 Å². The highest BCUT2D eigenvalue weighted by atomic mass is 16.2. The Kier molecular flexibility index (Phi) is 5.97. The van der Waals surface area contributed by atoms with E-state index in [-0.39, 0.29) is 24.4 Å². The van der Waals surface area contributed by atoms with Gasteiger partial charge in [-0.05, 0) is 25.8 Å². The second-order valence-corrected chi connectivity index (χ2v) is 4.55. The lowest BCUT2D eigenvalue weighted by atomic mass is 10.0. The van der Waals surface area contributed by atoms with Gasteiger partial charge in [0.25, 0.3) is 0 Å². The highest BCUT2D eigenvalue weighted by Gasteiger charge is 2.24. The van der Waals surface area contributed by atoms with Gasteiger partial charge in [-0.3, -0.25) is 9.59 Å². The predicted molar refractivity (Wildman–Crippen MR) is 66.6 cm³/mol. The number of hydrogen-bond acceptors (Lipinski definition) is 3. The first-order valence-corrected chi connectivity index (χ1v) is 6.40. The number of hydrogen-bond donors (Lipinski definition) is 2. The van der Waals surface area contributed by atoms with Crippen molar-refractivity contribution in [3.63, 3.8) is 0 Å². The largest absolute Gasteiger partial charge is 0.355 e. The SMILES string of the molecule is CCCNC(=O)CN(C)C(=O)[C@@H]1CCCCN1. The first-order valence-electron chi connectivity index (χ1n) is 6.40. The fourth-order valence-corrected chi connectivity index (χ4v) is 1.94. The van der Waals surface area contributed by atoms with Crippen LogP contribution < -0.4 is 10.6 Å². The molecule has 0 aliphatic carbocycles. The maximum absolute atomic E-state index is 12.0. The first kappa shape index (κ1) is 14.0. The van der Waals surface area contributed by atoms with Crippen molar-refractivity contribution in [3.8, 4) is 0 Å². The van der Waals surface area contributed by atoms with Crippen molar-refractivity contribution in [2.45, 2.75) is 38.6 Å². The molecule has 0 aromatic rings. The molecule has 0 unspecified atom stereocenters. The second-order valence-electron chi connectivity index (χ2n) is 4.55. The number of nitrogens with one attached hydrogen (secondary N) is 2. The third-order valence-corrected chi connectivity index (χ3v) is 2.94. The molecule has 0 bridgehead atoms. The van der Waals surface area contributed by atoms with Crippen molar-refractivity contribution in [1.29, 1.82) is 0 Å². The van der Waals surface area contributed by atoms with Gasteiger partial charge in [0.15, 0.2) is 0 Å². The number of carbonyl (C=O) groups is 2. The summed E-state index contributed by atoms with van der Waals surface area (Å²) in [6, 6.07) is -0.104. The van der Waals surface area contributed by atoms with Gasteiger partial charge in [-0.15, -0.1) is 0 Å². The zero-order valence-electron chi connectivity index (χ0n) is 10.8. The lowest BCUT2D eigenvalue weighted by molar-refractivity contribution is -0.136. The van der Waals surface area contributed by atoms with E-state index >= 15 is 0 Å². The molecule has 2 amide bonds. The highest BCUT2D eigenvalue weighted by molar-refractivity contribution is 5.87. The molecule has 0 spiro atoms. The number of rotatable bonds is 5. The van der Waals surface area contributed by atoms with Crippen LogP contribution in [0.1, 0.15) is 32.6 Å².